The van der Waals surface area contributed by atoms with Crippen LogP contribution in [0.3, 0.4) is 0 Å². The van der Waals surface area contributed by atoms with Crippen LogP contribution in [0.4, 0.5) is 5.13 Å². The second-order valence-corrected chi connectivity index (χ2v) is 5.79. The number of ether oxygens (including phenoxy) is 1. The van der Waals surface area contributed by atoms with Gasteiger partial charge in [-0.1, -0.05) is 0 Å². The van der Waals surface area contributed by atoms with Crippen molar-refractivity contribution < 1.29 is 18.7 Å². The minimum atomic E-state index is -0.169. The highest BCUT2D eigenvalue weighted by Gasteiger charge is 2.11. The van der Waals surface area contributed by atoms with Gasteiger partial charge in [0.05, 0.1) is 19.7 Å². The first-order valence-electron chi connectivity index (χ1n) is 7.37. The zero-order chi connectivity index (χ0) is 17.4. The van der Waals surface area contributed by atoms with Gasteiger partial charge in [-0.3, -0.25) is 9.59 Å². The molecular formula is C15H21ClN4O4S. The average molecular weight is 389 g/mol. The summed E-state index contributed by atoms with van der Waals surface area (Å²) in [5.41, 5.74) is 0.636. The molecule has 8 nitrogen and oxygen atoms in total. The van der Waals surface area contributed by atoms with Crippen molar-refractivity contribution in [1.82, 2.24) is 15.6 Å². The summed E-state index contributed by atoms with van der Waals surface area (Å²) >= 11 is 1.32. The van der Waals surface area contributed by atoms with E-state index in [2.05, 4.69) is 20.9 Å². The maximum atomic E-state index is 11.8. The van der Waals surface area contributed by atoms with Crippen LogP contribution in [0.5, 0.6) is 0 Å². The molecule has 0 fully saturated rings. The molecule has 2 heterocycles. The maximum absolute atomic E-state index is 11.8. The summed E-state index contributed by atoms with van der Waals surface area (Å²) in [6, 6.07) is 3.56. The van der Waals surface area contributed by atoms with Crippen LogP contribution in [-0.2, 0) is 20.9 Å². The molecule has 3 N–H and O–H groups in total. The summed E-state index contributed by atoms with van der Waals surface area (Å²) < 4.78 is 10.5. The Labute approximate surface area is 155 Å². The van der Waals surface area contributed by atoms with Crippen molar-refractivity contribution in [3.8, 4) is 11.5 Å². The van der Waals surface area contributed by atoms with Gasteiger partial charge in [-0.2, -0.15) is 0 Å². The van der Waals surface area contributed by atoms with Crippen LogP contribution >= 0.6 is 23.7 Å². The van der Waals surface area contributed by atoms with Crippen LogP contribution in [0.25, 0.3) is 11.5 Å². The van der Waals surface area contributed by atoms with Crippen molar-refractivity contribution in [2.24, 2.45) is 0 Å². The van der Waals surface area contributed by atoms with Gasteiger partial charge in [-0.15, -0.1) is 23.7 Å². The Kier molecular flexibility index (Phi) is 9.14. The van der Waals surface area contributed by atoms with Crippen LogP contribution in [-0.4, -0.2) is 43.6 Å². The molecule has 2 amide bonds. The number of aromatic nitrogens is 1. The second kappa shape index (κ2) is 10.8. The van der Waals surface area contributed by atoms with Crippen molar-refractivity contribution in [1.29, 1.82) is 0 Å². The fraction of sp³-hybridized carbons (Fsp3) is 0.400. The molecule has 0 unspecified atom stereocenters. The van der Waals surface area contributed by atoms with Crippen molar-refractivity contribution in [2.45, 2.75) is 13.5 Å². The largest absolute Gasteiger partial charge is 0.458 e. The third-order valence-electron chi connectivity index (χ3n) is 2.94. The van der Waals surface area contributed by atoms with Gasteiger partial charge in [0.1, 0.15) is 11.5 Å². The minimum absolute atomic E-state index is 0. The first kappa shape index (κ1) is 21.1. The summed E-state index contributed by atoms with van der Waals surface area (Å²) in [5, 5.41) is 10.6. The van der Waals surface area contributed by atoms with Gasteiger partial charge in [0.15, 0.2) is 10.9 Å². The van der Waals surface area contributed by atoms with E-state index in [4.69, 9.17) is 9.15 Å². The number of hydrogen-bond donors (Lipinski definition) is 3. The molecule has 2 aromatic heterocycles. The SMILES string of the molecule is COCCNCC(=O)Nc1nc(-c2ccc(CNC(C)=O)o2)cs1.Cl. The number of nitrogens with one attached hydrogen (secondary N) is 3. The molecule has 0 bridgehead atoms. The number of methoxy groups -OCH3 is 1. The maximum Gasteiger partial charge on any atom is 0.240 e. The molecule has 0 aliphatic carbocycles. The fourth-order valence-corrected chi connectivity index (χ4v) is 2.52. The summed E-state index contributed by atoms with van der Waals surface area (Å²) in [6.45, 7) is 3.13. The lowest BCUT2D eigenvalue weighted by atomic mass is 10.3. The molecule has 0 aliphatic rings. The van der Waals surface area contributed by atoms with Crippen molar-refractivity contribution >= 4 is 40.7 Å². The lowest BCUT2D eigenvalue weighted by molar-refractivity contribution is -0.119. The normalized spacial score (nSPS) is 10.2. The Morgan fingerprint density at radius 2 is 2.16 bits per heavy atom. The predicted molar refractivity (Wildman–Crippen MR) is 98.0 cm³/mol. The number of rotatable bonds is 9. The fourth-order valence-electron chi connectivity index (χ4n) is 1.81. The summed E-state index contributed by atoms with van der Waals surface area (Å²) in [5.74, 6) is 0.940. The second-order valence-electron chi connectivity index (χ2n) is 4.93. The average Bonchev–Trinajstić information content (AvgIpc) is 3.18. The number of furan rings is 1. The molecule has 2 aromatic rings. The summed E-state index contributed by atoms with van der Waals surface area (Å²) in [6.07, 6.45) is 0. The molecule has 0 aliphatic heterocycles. The van der Waals surface area contributed by atoms with Crippen molar-refractivity contribution in [3.63, 3.8) is 0 Å². The van der Waals surface area contributed by atoms with E-state index >= 15 is 0 Å². The van der Waals surface area contributed by atoms with Gasteiger partial charge in [-0.25, -0.2) is 4.98 Å². The first-order chi connectivity index (χ1) is 11.6. The van der Waals surface area contributed by atoms with Gasteiger partial charge in [0.2, 0.25) is 11.8 Å². The van der Waals surface area contributed by atoms with Crippen LogP contribution in [0.1, 0.15) is 12.7 Å². The van der Waals surface area contributed by atoms with Crippen LogP contribution in [0.15, 0.2) is 21.9 Å². The highest BCUT2D eigenvalue weighted by molar-refractivity contribution is 7.14. The molecule has 0 saturated heterocycles. The Hall–Kier alpha value is -1.94. The molecule has 2 rings (SSSR count). The van der Waals surface area contributed by atoms with E-state index in [1.165, 1.54) is 18.3 Å². The smallest absolute Gasteiger partial charge is 0.240 e. The number of carbonyl (C=O) groups is 2. The van der Waals surface area contributed by atoms with Crippen molar-refractivity contribution in [2.75, 3.05) is 32.1 Å². The topological polar surface area (TPSA) is 105 Å². The highest BCUT2D eigenvalue weighted by atomic mass is 35.5. The van der Waals surface area contributed by atoms with Crippen LogP contribution in [0, 0.1) is 0 Å². The van der Waals surface area contributed by atoms with E-state index in [0.29, 0.717) is 42.0 Å². The Balaban J connectivity index is 0.00000312. The lowest BCUT2D eigenvalue weighted by Crippen LogP contribution is -2.30. The summed E-state index contributed by atoms with van der Waals surface area (Å²) in [4.78, 5) is 27.0. The van der Waals surface area contributed by atoms with E-state index in [1.807, 2.05) is 0 Å². The number of halogens is 1. The monoisotopic (exact) mass is 388 g/mol. The van der Waals surface area contributed by atoms with Crippen molar-refractivity contribution in [3.05, 3.63) is 23.3 Å². The van der Waals surface area contributed by atoms with Gasteiger partial charge in [0, 0.05) is 26.0 Å². The Bertz CT molecular complexity index is 689. The van der Waals surface area contributed by atoms with Crippen LogP contribution in [0.2, 0.25) is 0 Å². The molecule has 25 heavy (non-hydrogen) atoms. The molecule has 0 radical (unpaired) electrons. The lowest BCUT2D eigenvalue weighted by Gasteiger charge is -2.03. The van der Waals surface area contributed by atoms with E-state index in [9.17, 15) is 9.59 Å². The molecule has 0 aromatic carbocycles. The molecule has 138 valence electrons. The standard InChI is InChI=1S/C15H20N4O4S.ClH/c1-10(20)17-7-11-3-4-13(23-11)12-9-24-15(18-12)19-14(21)8-16-5-6-22-2;/h3-4,9,16H,5-8H2,1-2H3,(H,17,20)(H,18,19,21);1H. The quantitative estimate of drug-likeness (QED) is 0.564. The minimum Gasteiger partial charge on any atom is -0.458 e. The number of carbonyl (C=O) groups excluding carboxylic acids is 2. The first-order valence-corrected chi connectivity index (χ1v) is 8.25. The molecule has 10 heteroatoms. The third kappa shape index (κ3) is 7.22. The number of thiazole rings is 1. The van der Waals surface area contributed by atoms with E-state index < -0.39 is 0 Å². The molecular weight excluding hydrogens is 368 g/mol. The third-order valence-corrected chi connectivity index (χ3v) is 3.70. The predicted octanol–water partition coefficient (Wildman–Crippen LogP) is 1.64. The molecule has 0 saturated carbocycles. The van der Waals surface area contributed by atoms with Gasteiger partial charge >= 0.3 is 0 Å². The van der Waals surface area contributed by atoms with E-state index in [0.717, 1.165) is 0 Å². The highest BCUT2D eigenvalue weighted by Crippen LogP contribution is 2.26. The Morgan fingerprint density at radius 1 is 1.36 bits per heavy atom. The van der Waals surface area contributed by atoms with E-state index in [1.54, 1.807) is 24.6 Å². The van der Waals surface area contributed by atoms with Gasteiger partial charge in [0.25, 0.3) is 0 Å². The van der Waals surface area contributed by atoms with Gasteiger partial charge in [-0.05, 0) is 12.1 Å². The number of nitrogens with zero attached hydrogens (tertiary/aromatic N) is 1. The Morgan fingerprint density at radius 3 is 2.88 bits per heavy atom. The zero-order valence-electron chi connectivity index (χ0n) is 14.0. The van der Waals surface area contributed by atoms with Gasteiger partial charge < -0.3 is 25.1 Å². The zero-order valence-corrected chi connectivity index (χ0v) is 15.6. The number of hydrogen-bond acceptors (Lipinski definition) is 7. The van der Waals surface area contributed by atoms with E-state index in [-0.39, 0.29) is 30.8 Å². The molecule has 0 spiro atoms. The number of anilines is 1. The summed E-state index contributed by atoms with van der Waals surface area (Å²) in [7, 11) is 1.61. The van der Waals surface area contributed by atoms with Crippen LogP contribution < -0.4 is 16.0 Å². The molecule has 0 atom stereocenters. The number of amides is 2.